The highest BCUT2D eigenvalue weighted by atomic mass is 35.5. The zero-order valence-corrected chi connectivity index (χ0v) is 17.3. The van der Waals surface area contributed by atoms with Gasteiger partial charge in [0.1, 0.15) is 10.7 Å². The summed E-state index contributed by atoms with van der Waals surface area (Å²) in [6.45, 7) is 4.85. The minimum absolute atomic E-state index is 0.288. The van der Waals surface area contributed by atoms with Gasteiger partial charge in [-0.1, -0.05) is 36.2 Å². The van der Waals surface area contributed by atoms with E-state index >= 15 is 0 Å². The van der Waals surface area contributed by atoms with Gasteiger partial charge in [0.2, 0.25) is 0 Å². The number of hydrogen-bond donors (Lipinski definition) is 1. The van der Waals surface area contributed by atoms with Crippen LogP contribution in [0.5, 0.6) is 0 Å². The van der Waals surface area contributed by atoms with Gasteiger partial charge in [-0.25, -0.2) is 9.67 Å². The first-order chi connectivity index (χ1) is 13.6. The maximum atomic E-state index is 12.8. The third-order valence-corrected chi connectivity index (χ3v) is 5.99. The lowest BCUT2D eigenvalue weighted by Gasteiger charge is -2.25. The van der Waals surface area contributed by atoms with Crippen molar-refractivity contribution in [1.82, 2.24) is 19.7 Å². The molecule has 0 unspecified atom stereocenters. The Morgan fingerprint density at radius 1 is 1.21 bits per heavy atom. The second-order valence-corrected chi connectivity index (χ2v) is 8.15. The summed E-state index contributed by atoms with van der Waals surface area (Å²) in [4.78, 5) is 19.8. The fourth-order valence-electron chi connectivity index (χ4n) is 3.44. The van der Waals surface area contributed by atoms with Crippen LogP contribution in [0.1, 0.15) is 41.0 Å². The summed E-state index contributed by atoms with van der Waals surface area (Å²) < 4.78 is 1.58. The standard InChI is InChI=1S/C20H22ClN5OS/c1-14-17(18(21)26(24-14)16-8-4-2-5-9-16)19(27)23-20-22-15(13-28-20)12-25-10-6-3-7-11-25/h2,4-5,8-9,13H,3,6-7,10-12H2,1H3,(H,22,23,27). The van der Waals surface area contributed by atoms with Crippen molar-refractivity contribution in [2.45, 2.75) is 32.7 Å². The number of nitrogens with one attached hydrogen (secondary N) is 1. The second-order valence-electron chi connectivity index (χ2n) is 6.93. The summed E-state index contributed by atoms with van der Waals surface area (Å²) in [6.07, 6.45) is 3.81. The lowest BCUT2D eigenvalue weighted by Crippen LogP contribution is -2.29. The second kappa shape index (κ2) is 8.43. The molecule has 0 atom stereocenters. The number of halogens is 1. The highest BCUT2D eigenvalue weighted by Gasteiger charge is 2.22. The Morgan fingerprint density at radius 3 is 2.71 bits per heavy atom. The number of benzene rings is 1. The molecular weight excluding hydrogens is 394 g/mol. The third kappa shape index (κ3) is 4.11. The fraction of sp³-hybridized carbons (Fsp3) is 0.350. The van der Waals surface area contributed by atoms with E-state index in [-0.39, 0.29) is 5.91 Å². The van der Waals surface area contributed by atoms with Crippen LogP contribution in [0.2, 0.25) is 5.15 Å². The van der Waals surface area contributed by atoms with Gasteiger partial charge in [0.25, 0.3) is 5.91 Å². The van der Waals surface area contributed by atoms with Gasteiger partial charge >= 0.3 is 0 Å². The monoisotopic (exact) mass is 415 g/mol. The van der Waals surface area contributed by atoms with Crippen molar-refractivity contribution in [3.8, 4) is 5.69 Å². The number of para-hydroxylation sites is 1. The predicted octanol–water partition coefficient (Wildman–Crippen LogP) is 4.53. The molecule has 28 heavy (non-hydrogen) atoms. The first-order valence-electron chi connectivity index (χ1n) is 9.40. The van der Waals surface area contributed by atoms with Crippen molar-refractivity contribution >= 4 is 34.0 Å². The van der Waals surface area contributed by atoms with E-state index < -0.39 is 0 Å². The van der Waals surface area contributed by atoms with E-state index in [9.17, 15) is 4.79 Å². The number of anilines is 1. The molecule has 3 aromatic rings. The minimum Gasteiger partial charge on any atom is -0.298 e. The molecule has 0 aliphatic carbocycles. The Morgan fingerprint density at radius 2 is 1.96 bits per heavy atom. The van der Waals surface area contributed by atoms with E-state index in [1.807, 2.05) is 35.7 Å². The molecule has 8 heteroatoms. The van der Waals surface area contributed by atoms with Crippen LogP contribution in [-0.2, 0) is 6.54 Å². The van der Waals surface area contributed by atoms with Crippen molar-refractivity contribution in [3.63, 3.8) is 0 Å². The maximum Gasteiger partial charge on any atom is 0.262 e. The topological polar surface area (TPSA) is 63.1 Å². The first kappa shape index (κ1) is 19.1. The summed E-state index contributed by atoms with van der Waals surface area (Å²) in [5, 5.41) is 10.2. The number of nitrogens with zero attached hydrogens (tertiary/aromatic N) is 4. The maximum absolute atomic E-state index is 12.8. The van der Waals surface area contributed by atoms with Crippen molar-refractivity contribution in [2.75, 3.05) is 18.4 Å². The smallest absolute Gasteiger partial charge is 0.262 e. The number of rotatable bonds is 5. The van der Waals surface area contributed by atoms with Crippen LogP contribution < -0.4 is 5.32 Å². The fourth-order valence-corrected chi connectivity index (χ4v) is 4.50. The molecular formula is C20H22ClN5OS. The molecule has 6 nitrogen and oxygen atoms in total. The number of likely N-dealkylation sites (tertiary alicyclic amines) is 1. The minimum atomic E-state index is -0.288. The van der Waals surface area contributed by atoms with Gasteiger partial charge in [-0.15, -0.1) is 11.3 Å². The number of amides is 1. The molecule has 0 saturated carbocycles. The highest BCUT2D eigenvalue weighted by Crippen LogP contribution is 2.25. The van der Waals surface area contributed by atoms with E-state index in [4.69, 9.17) is 11.6 Å². The van der Waals surface area contributed by atoms with E-state index in [2.05, 4.69) is 20.3 Å². The molecule has 4 rings (SSSR count). The van der Waals surface area contributed by atoms with Crippen molar-refractivity contribution in [1.29, 1.82) is 0 Å². The first-order valence-corrected chi connectivity index (χ1v) is 10.7. The van der Waals surface area contributed by atoms with E-state index in [1.54, 1.807) is 11.6 Å². The molecule has 1 aromatic carbocycles. The SMILES string of the molecule is Cc1nn(-c2ccccc2)c(Cl)c1C(=O)Nc1nc(CN2CCCCC2)cs1. The van der Waals surface area contributed by atoms with Gasteiger partial charge in [-0.2, -0.15) is 5.10 Å². The molecule has 2 aromatic heterocycles. The largest absolute Gasteiger partial charge is 0.298 e. The molecule has 0 radical (unpaired) electrons. The third-order valence-electron chi connectivity index (χ3n) is 4.84. The van der Waals surface area contributed by atoms with Crippen molar-refractivity contribution < 1.29 is 4.79 Å². The summed E-state index contributed by atoms with van der Waals surface area (Å²) in [7, 11) is 0. The number of carbonyl (C=O) groups is 1. The average molecular weight is 416 g/mol. The lowest BCUT2D eigenvalue weighted by atomic mass is 10.1. The normalized spacial score (nSPS) is 14.9. The molecule has 1 amide bonds. The van der Waals surface area contributed by atoms with Crippen molar-refractivity contribution in [3.05, 3.63) is 57.8 Å². The van der Waals surface area contributed by atoms with E-state index in [0.717, 1.165) is 31.0 Å². The number of thiazole rings is 1. The van der Waals surface area contributed by atoms with Crippen LogP contribution in [0, 0.1) is 6.92 Å². The molecule has 1 aliphatic heterocycles. The molecule has 1 N–H and O–H groups in total. The van der Waals surface area contributed by atoms with Crippen LogP contribution in [0.15, 0.2) is 35.7 Å². The predicted molar refractivity (Wildman–Crippen MR) is 113 cm³/mol. The zero-order valence-electron chi connectivity index (χ0n) is 15.7. The van der Waals surface area contributed by atoms with Gasteiger partial charge in [-0.05, 0) is 45.0 Å². The van der Waals surface area contributed by atoms with Crippen LogP contribution in [0.3, 0.4) is 0 Å². The Bertz CT molecular complexity index is 962. The Labute approximate surface area is 173 Å². The number of aromatic nitrogens is 3. The Kier molecular flexibility index (Phi) is 5.75. The molecule has 1 fully saturated rings. The number of aryl methyl sites for hydroxylation is 1. The van der Waals surface area contributed by atoms with Crippen LogP contribution >= 0.6 is 22.9 Å². The van der Waals surface area contributed by atoms with E-state index in [0.29, 0.717) is 21.5 Å². The van der Waals surface area contributed by atoms with Gasteiger partial charge in [0.05, 0.1) is 17.1 Å². The van der Waals surface area contributed by atoms with Gasteiger partial charge in [-0.3, -0.25) is 15.0 Å². The van der Waals surface area contributed by atoms with Gasteiger partial charge in [0.15, 0.2) is 5.13 Å². The van der Waals surface area contributed by atoms with Crippen molar-refractivity contribution in [2.24, 2.45) is 0 Å². The molecule has 1 aliphatic rings. The average Bonchev–Trinajstić information content (AvgIpc) is 3.26. The van der Waals surface area contributed by atoms with E-state index in [1.165, 1.54) is 30.6 Å². The number of piperidine rings is 1. The number of hydrogen-bond acceptors (Lipinski definition) is 5. The summed E-state index contributed by atoms with van der Waals surface area (Å²) in [5.41, 5.74) is 2.76. The molecule has 1 saturated heterocycles. The summed E-state index contributed by atoms with van der Waals surface area (Å²) in [5.74, 6) is -0.288. The summed E-state index contributed by atoms with van der Waals surface area (Å²) in [6, 6.07) is 9.52. The zero-order chi connectivity index (χ0) is 19.5. The molecule has 3 heterocycles. The molecule has 0 bridgehead atoms. The molecule has 146 valence electrons. The quantitative estimate of drug-likeness (QED) is 0.665. The Balaban J connectivity index is 1.48. The van der Waals surface area contributed by atoms with Gasteiger partial charge in [0, 0.05) is 11.9 Å². The number of carbonyl (C=O) groups excluding carboxylic acids is 1. The Hall–Kier alpha value is -2.22. The lowest BCUT2D eigenvalue weighted by molar-refractivity contribution is 0.102. The highest BCUT2D eigenvalue weighted by molar-refractivity contribution is 7.14. The molecule has 0 spiro atoms. The van der Waals surface area contributed by atoms with Crippen LogP contribution in [0.4, 0.5) is 5.13 Å². The van der Waals surface area contributed by atoms with Crippen LogP contribution in [0.25, 0.3) is 5.69 Å². The van der Waals surface area contributed by atoms with Crippen LogP contribution in [-0.4, -0.2) is 38.7 Å². The van der Waals surface area contributed by atoms with Gasteiger partial charge < -0.3 is 0 Å². The summed E-state index contributed by atoms with van der Waals surface area (Å²) >= 11 is 7.91.